The van der Waals surface area contributed by atoms with E-state index < -0.39 is 0 Å². The summed E-state index contributed by atoms with van der Waals surface area (Å²) < 4.78 is 0. The summed E-state index contributed by atoms with van der Waals surface area (Å²) in [4.78, 5) is 0. The number of benzene rings is 2. The highest BCUT2D eigenvalue weighted by Crippen LogP contribution is 2.18. The number of anilines is 2. The summed E-state index contributed by atoms with van der Waals surface area (Å²) in [5, 5.41) is 3.43. The minimum absolute atomic E-state index is 1.14. The maximum absolute atomic E-state index is 3.43. The molecule has 0 aliphatic carbocycles. The Balaban J connectivity index is 1.99. The maximum atomic E-state index is 3.43. The number of hydrogen-bond acceptors (Lipinski definition) is 1. The summed E-state index contributed by atoms with van der Waals surface area (Å²) in [5.41, 5.74) is 3.74. The molecule has 94 valence electrons. The lowest BCUT2D eigenvalue weighted by molar-refractivity contribution is 0.717. The first-order valence-corrected chi connectivity index (χ1v) is 6.79. The van der Waals surface area contributed by atoms with E-state index in [1.807, 2.05) is 18.2 Å². The normalized spacial score (nSPS) is 10.3. The number of unbranched alkanes of at least 4 members (excludes halogenated alkanes) is 2. The highest BCUT2D eigenvalue weighted by atomic mass is 14.9. The van der Waals surface area contributed by atoms with Crippen LogP contribution in [-0.2, 0) is 6.42 Å². The molecule has 0 unspecified atom stereocenters. The molecule has 0 fully saturated rings. The van der Waals surface area contributed by atoms with Crippen molar-refractivity contribution in [3.05, 3.63) is 60.2 Å². The topological polar surface area (TPSA) is 12.0 Å². The van der Waals surface area contributed by atoms with Gasteiger partial charge in [0.2, 0.25) is 0 Å². The Hall–Kier alpha value is -1.76. The van der Waals surface area contributed by atoms with Crippen LogP contribution in [0.5, 0.6) is 0 Å². The van der Waals surface area contributed by atoms with E-state index >= 15 is 0 Å². The first kappa shape index (κ1) is 12.7. The number of nitrogens with one attached hydrogen (secondary N) is 1. The van der Waals surface area contributed by atoms with Gasteiger partial charge in [0.25, 0.3) is 0 Å². The van der Waals surface area contributed by atoms with Gasteiger partial charge < -0.3 is 5.32 Å². The second kappa shape index (κ2) is 6.85. The van der Waals surface area contributed by atoms with Crippen LogP contribution in [0.1, 0.15) is 31.7 Å². The van der Waals surface area contributed by atoms with Gasteiger partial charge in [0.1, 0.15) is 0 Å². The van der Waals surface area contributed by atoms with E-state index in [4.69, 9.17) is 0 Å². The average Bonchev–Trinajstić information content (AvgIpc) is 2.41. The quantitative estimate of drug-likeness (QED) is 0.686. The van der Waals surface area contributed by atoms with Crippen molar-refractivity contribution in [2.75, 3.05) is 5.32 Å². The fraction of sp³-hybridized carbons (Fsp3) is 0.294. The third-order valence-electron chi connectivity index (χ3n) is 3.06. The van der Waals surface area contributed by atoms with Crippen molar-refractivity contribution in [2.45, 2.75) is 32.6 Å². The van der Waals surface area contributed by atoms with Crippen LogP contribution < -0.4 is 5.32 Å². The van der Waals surface area contributed by atoms with E-state index in [9.17, 15) is 0 Å². The zero-order valence-electron chi connectivity index (χ0n) is 11.0. The van der Waals surface area contributed by atoms with Crippen LogP contribution in [0.15, 0.2) is 54.6 Å². The van der Waals surface area contributed by atoms with Gasteiger partial charge in [0.05, 0.1) is 0 Å². The van der Waals surface area contributed by atoms with Crippen molar-refractivity contribution < 1.29 is 0 Å². The van der Waals surface area contributed by atoms with E-state index in [1.54, 1.807) is 0 Å². The zero-order valence-corrected chi connectivity index (χ0v) is 11.0. The monoisotopic (exact) mass is 239 g/mol. The maximum Gasteiger partial charge on any atom is 0.0386 e. The molecule has 0 atom stereocenters. The van der Waals surface area contributed by atoms with Crippen LogP contribution in [0.25, 0.3) is 0 Å². The largest absolute Gasteiger partial charge is 0.356 e. The predicted molar refractivity (Wildman–Crippen MR) is 79.4 cm³/mol. The lowest BCUT2D eigenvalue weighted by Crippen LogP contribution is -1.92. The van der Waals surface area contributed by atoms with E-state index in [-0.39, 0.29) is 0 Å². The first-order chi connectivity index (χ1) is 8.88. The molecule has 2 aromatic carbocycles. The van der Waals surface area contributed by atoms with E-state index in [2.05, 4.69) is 48.6 Å². The van der Waals surface area contributed by atoms with E-state index in [0.29, 0.717) is 0 Å². The molecule has 0 aliphatic rings. The predicted octanol–water partition coefficient (Wildman–Crippen LogP) is 5.16. The van der Waals surface area contributed by atoms with Crippen LogP contribution in [-0.4, -0.2) is 0 Å². The molecule has 18 heavy (non-hydrogen) atoms. The fourth-order valence-electron chi connectivity index (χ4n) is 2.07. The SMILES string of the molecule is CCCCCc1cccc(Nc2ccccc2)c1. The molecule has 0 bridgehead atoms. The Labute approximate surface area is 110 Å². The molecule has 0 amide bonds. The van der Waals surface area contributed by atoms with Crippen LogP contribution in [0.2, 0.25) is 0 Å². The Morgan fingerprint density at radius 1 is 0.833 bits per heavy atom. The van der Waals surface area contributed by atoms with Crippen molar-refractivity contribution in [1.29, 1.82) is 0 Å². The number of hydrogen-bond donors (Lipinski definition) is 1. The summed E-state index contributed by atoms with van der Waals surface area (Å²) in [7, 11) is 0. The summed E-state index contributed by atoms with van der Waals surface area (Å²) in [6.07, 6.45) is 5.06. The smallest absolute Gasteiger partial charge is 0.0386 e. The minimum atomic E-state index is 1.14. The molecular formula is C17H21N. The van der Waals surface area contributed by atoms with Crippen LogP contribution >= 0.6 is 0 Å². The average molecular weight is 239 g/mol. The Bertz CT molecular complexity index is 462. The second-order valence-corrected chi connectivity index (χ2v) is 4.65. The molecular weight excluding hydrogens is 218 g/mol. The van der Waals surface area contributed by atoms with Crippen LogP contribution in [0, 0.1) is 0 Å². The summed E-state index contributed by atoms with van der Waals surface area (Å²) in [6, 6.07) is 19.0. The van der Waals surface area contributed by atoms with Crippen LogP contribution in [0.3, 0.4) is 0 Å². The van der Waals surface area contributed by atoms with Gasteiger partial charge in [-0.25, -0.2) is 0 Å². The molecule has 1 nitrogen and oxygen atoms in total. The van der Waals surface area contributed by atoms with Crippen molar-refractivity contribution in [3.63, 3.8) is 0 Å². The fourth-order valence-corrected chi connectivity index (χ4v) is 2.07. The van der Waals surface area contributed by atoms with E-state index in [1.165, 1.54) is 36.9 Å². The van der Waals surface area contributed by atoms with E-state index in [0.717, 1.165) is 5.69 Å². The molecule has 2 aromatic rings. The van der Waals surface area contributed by atoms with Gasteiger partial charge in [-0.05, 0) is 42.7 Å². The lowest BCUT2D eigenvalue weighted by Gasteiger charge is -2.08. The molecule has 0 aliphatic heterocycles. The molecule has 0 saturated carbocycles. The van der Waals surface area contributed by atoms with Crippen molar-refractivity contribution in [3.8, 4) is 0 Å². The molecule has 0 radical (unpaired) electrons. The van der Waals surface area contributed by atoms with Gasteiger partial charge in [-0.2, -0.15) is 0 Å². The summed E-state index contributed by atoms with van der Waals surface area (Å²) >= 11 is 0. The zero-order chi connectivity index (χ0) is 12.6. The van der Waals surface area contributed by atoms with Crippen molar-refractivity contribution in [2.24, 2.45) is 0 Å². The Morgan fingerprint density at radius 2 is 1.61 bits per heavy atom. The highest BCUT2D eigenvalue weighted by molar-refractivity contribution is 5.59. The summed E-state index contributed by atoms with van der Waals surface area (Å²) in [5.74, 6) is 0. The number of rotatable bonds is 6. The van der Waals surface area contributed by atoms with Gasteiger partial charge in [-0.3, -0.25) is 0 Å². The number of para-hydroxylation sites is 1. The van der Waals surface area contributed by atoms with Gasteiger partial charge in [-0.1, -0.05) is 50.1 Å². The summed E-state index contributed by atoms with van der Waals surface area (Å²) in [6.45, 7) is 2.24. The third kappa shape index (κ3) is 3.92. The standard InChI is InChI=1S/C17H21N/c1-2-3-5-9-15-10-8-13-17(14-15)18-16-11-6-4-7-12-16/h4,6-8,10-14,18H,2-3,5,9H2,1H3. The Kier molecular flexibility index (Phi) is 4.83. The molecule has 0 aromatic heterocycles. The van der Waals surface area contributed by atoms with Crippen molar-refractivity contribution >= 4 is 11.4 Å². The highest BCUT2D eigenvalue weighted by Gasteiger charge is 1.97. The van der Waals surface area contributed by atoms with Gasteiger partial charge in [-0.15, -0.1) is 0 Å². The molecule has 0 saturated heterocycles. The van der Waals surface area contributed by atoms with Crippen molar-refractivity contribution in [1.82, 2.24) is 0 Å². The number of aryl methyl sites for hydroxylation is 1. The van der Waals surface area contributed by atoms with Gasteiger partial charge in [0, 0.05) is 11.4 Å². The Morgan fingerprint density at radius 3 is 2.39 bits per heavy atom. The molecule has 1 N–H and O–H groups in total. The minimum Gasteiger partial charge on any atom is -0.356 e. The molecule has 1 heteroatoms. The molecule has 2 rings (SSSR count). The second-order valence-electron chi connectivity index (χ2n) is 4.65. The first-order valence-electron chi connectivity index (χ1n) is 6.79. The lowest BCUT2D eigenvalue weighted by atomic mass is 10.1. The van der Waals surface area contributed by atoms with Crippen LogP contribution in [0.4, 0.5) is 11.4 Å². The van der Waals surface area contributed by atoms with Gasteiger partial charge >= 0.3 is 0 Å². The third-order valence-corrected chi connectivity index (χ3v) is 3.06. The molecule has 0 spiro atoms. The van der Waals surface area contributed by atoms with Gasteiger partial charge in [0.15, 0.2) is 0 Å². The molecule has 0 heterocycles.